The normalized spacial score (nSPS) is 12.2. The Morgan fingerprint density at radius 3 is 2.81 bits per heavy atom. The van der Waals surface area contributed by atoms with Crippen LogP contribution in [-0.2, 0) is 11.3 Å². The average molecular weight is 221 g/mol. The van der Waals surface area contributed by atoms with Crippen LogP contribution in [0.15, 0.2) is 18.5 Å². The maximum Gasteiger partial charge on any atom is 0.238 e. The van der Waals surface area contributed by atoms with Crippen molar-refractivity contribution in [2.45, 2.75) is 26.4 Å². The number of likely N-dealkylation sites (N-methyl/N-ethyl adjacent to an activating group) is 1. The molecule has 1 heterocycles. The van der Waals surface area contributed by atoms with E-state index in [0.29, 0.717) is 6.54 Å². The van der Waals surface area contributed by atoms with Crippen molar-refractivity contribution in [3.63, 3.8) is 0 Å². The van der Waals surface area contributed by atoms with Crippen LogP contribution in [0.1, 0.15) is 18.1 Å². The van der Waals surface area contributed by atoms with Crippen molar-refractivity contribution in [3.8, 4) is 0 Å². The fraction of sp³-hybridized carbons (Fsp3) is 0.500. The third-order valence-corrected chi connectivity index (χ3v) is 2.56. The lowest BCUT2D eigenvalue weighted by atomic mass is 10.1. The van der Waals surface area contributed by atoms with Crippen LogP contribution >= 0.6 is 0 Å². The Bertz CT molecular complexity index is 363. The topological polar surface area (TPSA) is 45.2 Å². The maximum atomic E-state index is 11.6. The van der Waals surface area contributed by atoms with Gasteiger partial charge in [0.2, 0.25) is 5.91 Å². The molecule has 0 aliphatic carbocycles. The van der Waals surface area contributed by atoms with Gasteiger partial charge in [-0.25, -0.2) is 0 Å². The summed E-state index contributed by atoms with van der Waals surface area (Å²) >= 11 is 0. The zero-order valence-electron chi connectivity index (χ0n) is 10.3. The zero-order valence-corrected chi connectivity index (χ0v) is 10.3. The van der Waals surface area contributed by atoms with Gasteiger partial charge < -0.3 is 10.2 Å². The van der Waals surface area contributed by atoms with Crippen molar-refractivity contribution in [2.75, 3.05) is 14.1 Å². The van der Waals surface area contributed by atoms with Gasteiger partial charge in [-0.1, -0.05) is 0 Å². The number of nitrogens with one attached hydrogen (secondary N) is 1. The van der Waals surface area contributed by atoms with Gasteiger partial charge >= 0.3 is 0 Å². The van der Waals surface area contributed by atoms with E-state index in [9.17, 15) is 4.79 Å². The van der Waals surface area contributed by atoms with E-state index < -0.39 is 0 Å². The van der Waals surface area contributed by atoms with E-state index in [4.69, 9.17) is 0 Å². The molecule has 0 aliphatic rings. The van der Waals surface area contributed by atoms with Gasteiger partial charge in [0.05, 0.1) is 6.04 Å². The van der Waals surface area contributed by atoms with E-state index in [1.807, 2.05) is 26.1 Å². The summed E-state index contributed by atoms with van der Waals surface area (Å²) in [5, 5.41) is 3.19. The third-order valence-electron chi connectivity index (χ3n) is 2.56. The minimum Gasteiger partial charge on any atom is -0.347 e. The van der Waals surface area contributed by atoms with E-state index >= 15 is 0 Å². The van der Waals surface area contributed by atoms with E-state index in [-0.39, 0.29) is 11.9 Å². The molecule has 88 valence electrons. The number of amides is 1. The lowest BCUT2D eigenvalue weighted by Gasteiger charge is -2.18. The van der Waals surface area contributed by atoms with Crippen LogP contribution in [0.3, 0.4) is 0 Å². The second-order valence-corrected chi connectivity index (χ2v) is 4.14. The van der Waals surface area contributed by atoms with E-state index in [1.165, 1.54) is 5.56 Å². The minimum atomic E-state index is -0.172. The quantitative estimate of drug-likeness (QED) is 0.823. The van der Waals surface area contributed by atoms with Gasteiger partial charge in [0.25, 0.3) is 0 Å². The molecule has 16 heavy (non-hydrogen) atoms. The molecule has 1 aromatic heterocycles. The second kappa shape index (κ2) is 5.61. The molecule has 1 unspecified atom stereocenters. The number of hydrogen-bond acceptors (Lipinski definition) is 3. The molecule has 4 heteroatoms. The summed E-state index contributed by atoms with van der Waals surface area (Å²) in [5.41, 5.74) is 2.31. The first-order chi connectivity index (χ1) is 7.52. The Hall–Kier alpha value is -1.42. The Morgan fingerprint density at radius 2 is 2.25 bits per heavy atom. The summed E-state index contributed by atoms with van der Waals surface area (Å²) in [6.45, 7) is 4.57. The molecule has 0 spiro atoms. The van der Waals surface area contributed by atoms with Gasteiger partial charge in [-0.05, 0) is 31.0 Å². The van der Waals surface area contributed by atoms with Crippen molar-refractivity contribution in [3.05, 3.63) is 29.6 Å². The van der Waals surface area contributed by atoms with Crippen molar-refractivity contribution >= 4 is 5.91 Å². The summed E-state index contributed by atoms with van der Waals surface area (Å²) in [6, 6.07) is 1.80. The number of carbonyl (C=O) groups is 1. The Morgan fingerprint density at radius 1 is 1.56 bits per heavy atom. The van der Waals surface area contributed by atoms with Gasteiger partial charge in [-0.15, -0.1) is 0 Å². The highest BCUT2D eigenvalue weighted by atomic mass is 16.2. The molecule has 0 bridgehead atoms. The van der Waals surface area contributed by atoms with Crippen LogP contribution < -0.4 is 5.32 Å². The summed E-state index contributed by atoms with van der Waals surface area (Å²) in [5.74, 6) is 0.0848. The van der Waals surface area contributed by atoms with Gasteiger partial charge in [0.1, 0.15) is 0 Å². The molecule has 1 atom stereocenters. The predicted molar refractivity (Wildman–Crippen MR) is 64.0 cm³/mol. The largest absolute Gasteiger partial charge is 0.347 e. The molecule has 0 radical (unpaired) electrons. The number of pyridine rings is 1. The Balaban J connectivity index is 2.52. The number of nitrogens with zero attached hydrogens (tertiary/aromatic N) is 2. The predicted octanol–water partition coefficient (Wildman–Crippen LogP) is 0.956. The van der Waals surface area contributed by atoms with Gasteiger partial charge in [0, 0.05) is 33.0 Å². The molecule has 0 aromatic carbocycles. The van der Waals surface area contributed by atoms with Crippen molar-refractivity contribution in [2.24, 2.45) is 0 Å². The van der Waals surface area contributed by atoms with E-state index in [1.54, 1.807) is 25.2 Å². The average Bonchev–Trinajstić information content (AvgIpc) is 2.26. The highest BCUT2D eigenvalue weighted by molar-refractivity contribution is 5.80. The Kier molecular flexibility index (Phi) is 4.43. The van der Waals surface area contributed by atoms with E-state index in [2.05, 4.69) is 10.3 Å². The summed E-state index contributed by atoms with van der Waals surface area (Å²) in [6.07, 6.45) is 3.60. The standard InChI is InChI=1S/C12H19N3O/c1-9-5-6-13-7-11(9)8-14-10(2)12(16)15(3)4/h5-7,10,14H,8H2,1-4H3. The van der Waals surface area contributed by atoms with Crippen LogP contribution in [0.4, 0.5) is 0 Å². The number of carbonyl (C=O) groups excluding carboxylic acids is 1. The van der Waals surface area contributed by atoms with Gasteiger partial charge in [-0.3, -0.25) is 9.78 Å². The first-order valence-corrected chi connectivity index (χ1v) is 5.36. The number of rotatable bonds is 4. The summed E-state index contributed by atoms with van der Waals surface area (Å²) < 4.78 is 0. The molecule has 0 saturated heterocycles. The zero-order chi connectivity index (χ0) is 12.1. The van der Waals surface area contributed by atoms with Crippen LogP contribution in [0.25, 0.3) is 0 Å². The number of hydrogen-bond donors (Lipinski definition) is 1. The van der Waals surface area contributed by atoms with E-state index in [0.717, 1.165) is 5.56 Å². The first kappa shape index (κ1) is 12.6. The Labute approximate surface area is 96.7 Å². The van der Waals surface area contributed by atoms with Crippen LogP contribution in [0.2, 0.25) is 0 Å². The summed E-state index contributed by atoms with van der Waals surface area (Å²) in [7, 11) is 3.52. The highest BCUT2D eigenvalue weighted by Gasteiger charge is 2.13. The maximum absolute atomic E-state index is 11.6. The molecule has 1 amide bonds. The number of aryl methyl sites for hydroxylation is 1. The van der Waals surface area contributed by atoms with Crippen LogP contribution in [-0.4, -0.2) is 35.9 Å². The minimum absolute atomic E-state index is 0.0848. The lowest BCUT2D eigenvalue weighted by Crippen LogP contribution is -2.41. The fourth-order valence-corrected chi connectivity index (χ4v) is 1.42. The monoisotopic (exact) mass is 221 g/mol. The first-order valence-electron chi connectivity index (χ1n) is 5.36. The molecule has 4 nitrogen and oxygen atoms in total. The summed E-state index contributed by atoms with van der Waals surface area (Å²) in [4.78, 5) is 17.3. The lowest BCUT2D eigenvalue weighted by molar-refractivity contribution is -0.130. The van der Waals surface area contributed by atoms with Crippen molar-refractivity contribution < 1.29 is 4.79 Å². The van der Waals surface area contributed by atoms with Crippen molar-refractivity contribution in [1.82, 2.24) is 15.2 Å². The molecule has 0 aliphatic heterocycles. The molecule has 1 aromatic rings. The number of aromatic nitrogens is 1. The smallest absolute Gasteiger partial charge is 0.238 e. The molecule has 0 fully saturated rings. The molecular weight excluding hydrogens is 202 g/mol. The molecule has 1 rings (SSSR count). The fourth-order valence-electron chi connectivity index (χ4n) is 1.42. The molecular formula is C12H19N3O. The van der Waals surface area contributed by atoms with Gasteiger partial charge in [0.15, 0.2) is 0 Å². The van der Waals surface area contributed by atoms with Gasteiger partial charge in [-0.2, -0.15) is 0 Å². The molecule has 0 saturated carbocycles. The SMILES string of the molecule is Cc1ccncc1CNC(C)C(=O)N(C)C. The second-order valence-electron chi connectivity index (χ2n) is 4.14. The van der Waals surface area contributed by atoms with Crippen LogP contribution in [0, 0.1) is 6.92 Å². The third kappa shape index (κ3) is 3.31. The van der Waals surface area contributed by atoms with Crippen molar-refractivity contribution in [1.29, 1.82) is 0 Å². The molecule has 1 N–H and O–H groups in total. The highest BCUT2D eigenvalue weighted by Crippen LogP contribution is 2.04. The van der Waals surface area contributed by atoms with Crippen LogP contribution in [0.5, 0.6) is 0 Å².